The van der Waals surface area contributed by atoms with Crippen LogP contribution in [0.2, 0.25) is 5.15 Å². The Hall–Kier alpha value is -2.61. The predicted molar refractivity (Wildman–Crippen MR) is 102 cm³/mol. The first-order valence-electron chi connectivity index (χ1n) is 9.01. The Balaban J connectivity index is 1.98. The van der Waals surface area contributed by atoms with Gasteiger partial charge in [0, 0.05) is 18.7 Å². The van der Waals surface area contributed by atoms with Gasteiger partial charge in [-0.3, -0.25) is 4.79 Å². The van der Waals surface area contributed by atoms with Crippen LogP contribution in [0.15, 0.2) is 18.5 Å². The van der Waals surface area contributed by atoms with Crippen LogP contribution >= 0.6 is 11.6 Å². The number of ketones is 1. The van der Waals surface area contributed by atoms with Crippen molar-refractivity contribution in [1.82, 2.24) is 19.6 Å². The van der Waals surface area contributed by atoms with Crippen molar-refractivity contribution in [2.45, 2.75) is 26.7 Å². The van der Waals surface area contributed by atoms with E-state index in [2.05, 4.69) is 22.0 Å². The van der Waals surface area contributed by atoms with Crippen LogP contribution in [-0.4, -0.2) is 38.5 Å². The molecule has 28 heavy (non-hydrogen) atoms. The Bertz CT molecular complexity index is 1050. The zero-order valence-corrected chi connectivity index (χ0v) is 16.2. The molecule has 1 aromatic carbocycles. The lowest BCUT2D eigenvalue weighted by molar-refractivity contribution is 0.101. The van der Waals surface area contributed by atoms with E-state index >= 15 is 0 Å². The minimum Gasteiger partial charge on any atom is -0.356 e. The molecule has 4 rings (SSSR count). The maximum absolute atomic E-state index is 14.9. The van der Waals surface area contributed by atoms with Gasteiger partial charge in [0.1, 0.15) is 28.9 Å². The lowest BCUT2D eigenvalue weighted by atomic mass is 9.97. The van der Waals surface area contributed by atoms with Crippen LogP contribution < -0.4 is 4.90 Å². The molecule has 0 bridgehead atoms. The van der Waals surface area contributed by atoms with Crippen LogP contribution in [0.3, 0.4) is 0 Å². The minimum absolute atomic E-state index is 0.0435. The van der Waals surface area contributed by atoms with Crippen LogP contribution in [0, 0.1) is 17.6 Å². The molecule has 0 atom stereocenters. The van der Waals surface area contributed by atoms with Crippen molar-refractivity contribution in [3.05, 3.63) is 40.8 Å². The van der Waals surface area contributed by atoms with Crippen molar-refractivity contribution in [2.24, 2.45) is 5.92 Å². The van der Waals surface area contributed by atoms with Gasteiger partial charge in [-0.05, 0) is 37.8 Å². The Kier molecular flexibility index (Phi) is 4.74. The number of nitrogens with zero attached hydrogens (tertiary/aromatic N) is 5. The van der Waals surface area contributed by atoms with Gasteiger partial charge in [-0.1, -0.05) is 18.5 Å². The van der Waals surface area contributed by atoms with Gasteiger partial charge in [-0.25, -0.2) is 8.78 Å². The maximum atomic E-state index is 14.9. The first-order chi connectivity index (χ1) is 13.4. The van der Waals surface area contributed by atoms with Crippen molar-refractivity contribution in [1.29, 1.82) is 0 Å². The first kappa shape index (κ1) is 18.7. The molecule has 0 unspecified atom stereocenters. The summed E-state index contributed by atoms with van der Waals surface area (Å²) in [5.74, 6) is -0.909. The smallest absolute Gasteiger partial charge is 0.255 e. The number of aromatic nitrogens is 4. The molecule has 1 fully saturated rings. The van der Waals surface area contributed by atoms with E-state index in [0.717, 1.165) is 25.0 Å². The van der Waals surface area contributed by atoms with Crippen molar-refractivity contribution < 1.29 is 13.6 Å². The van der Waals surface area contributed by atoms with Crippen LogP contribution in [0.1, 0.15) is 37.0 Å². The number of carbonyl (C=O) groups excluding carboxylic acids is 1. The largest absolute Gasteiger partial charge is 0.356 e. The number of hydrogen-bond donors (Lipinski definition) is 0. The molecule has 1 aliphatic rings. The Morgan fingerprint density at radius 1 is 1.18 bits per heavy atom. The average molecular weight is 406 g/mol. The molecule has 1 saturated heterocycles. The topological polar surface area (TPSA) is 63.4 Å². The van der Waals surface area contributed by atoms with Crippen LogP contribution in [0.4, 0.5) is 14.6 Å². The van der Waals surface area contributed by atoms with Crippen molar-refractivity contribution in [3.63, 3.8) is 0 Å². The highest BCUT2D eigenvalue weighted by Crippen LogP contribution is 2.40. The summed E-state index contributed by atoms with van der Waals surface area (Å²) in [6, 6.07) is 2.04. The summed E-state index contributed by atoms with van der Waals surface area (Å²) in [7, 11) is 0. The van der Waals surface area contributed by atoms with E-state index in [1.807, 2.05) is 4.90 Å². The number of halogens is 3. The fraction of sp³-hybridized carbons (Fsp3) is 0.368. The summed E-state index contributed by atoms with van der Waals surface area (Å²) in [5.41, 5.74) is -0.258. The zero-order chi connectivity index (χ0) is 20.0. The summed E-state index contributed by atoms with van der Waals surface area (Å²) in [6.45, 7) is 4.81. The SMILES string of the molecule is CC(=O)c1cc(F)c(-c2c(Cl)nc3ncnn3c2N2CCC(C)CC2)c(F)c1. The third-order valence-electron chi connectivity index (χ3n) is 5.14. The lowest BCUT2D eigenvalue weighted by Crippen LogP contribution is -2.35. The zero-order valence-electron chi connectivity index (χ0n) is 15.4. The number of carbonyl (C=O) groups is 1. The highest BCUT2D eigenvalue weighted by molar-refractivity contribution is 6.33. The molecule has 0 radical (unpaired) electrons. The highest BCUT2D eigenvalue weighted by atomic mass is 35.5. The minimum atomic E-state index is -0.875. The van der Waals surface area contributed by atoms with Crippen molar-refractivity contribution >= 4 is 29.0 Å². The monoisotopic (exact) mass is 405 g/mol. The van der Waals surface area contributed by atoms with Crippen LogP contribution in [0.5, 0.6) is 0 Å². The summed E-state index contributed by atoms with van der Waals surface area (Å²) < 4.78 is 31.3. The number of piperidine rings is 1. The van der Waals surface area contributed by atoms with Crippen molar-refractivity contribution in [3.8, 4) is 11.1 Å². The first-order valence-corrected chi connectivity index (χ1v) is 9.39. The van der Waals surface area contributed by atoms with Crippen LogP contribution in [0.25, 0.3) is 16.9 Å². The number of anilines is 1. The molecule has 0 aliphatic carbocycles. The van der Waals surface area contributed by atoms with Gasteiger partial charge in [-0.2, -0.15) is 19.6 Å². The molecule has 3 heterocycles. The molecular formula is C19H18ClF2N5O. The summed E-state index contributed by atoms with van der Waals surface area (Å²) in [4.78, 5) is 21.8. The normalized spacial score (nSPS) is 15.4. The predicted octanol–water partition coefficient (Wildman–Crippen LogP) is 4.16. The van der Waals surface area contributed by atoms with Gasteiger partial charge < -0.3 is 4.90 Å². The number of rotatable bonds is 3. The maximum Gasteiger partial charge on any atom is 0.255 e. The van der Waals surface area contributed by atoms with E-state index in [9.17, 15) is 13.6 Å². The third kappa shape index (κ3) is 3.11. The van der Waals surface area contributed by atoms with Gasteiger partial charge in [0.15, 0.2) is 5.78 Å². The Labute approximate surface area is 165 Å². The second kappa shape index (κ2) is 7.09. The van der Waals surface area contributed by atoms with E-state index in [-0.39, 0.29) is 27.6 Å². The molecule has 0 saturated carbocycles. The molecule has 2 aromatic heterocycles. The third-order valence-corrected chi connectivity index (χ3v) is 5.41. The summed E-state index contributed by atoms with van der Waals surface area (Å²) in [5, 5.41) is 4.12. The summed E-state index contributed by atoms with van der Waals surface area (Å²) >= 11 is 6.37. The summed E-state index contributed by atoms with van der Waals surface area (Å²) in [6.07, 6.45) is 3.19. The van der Waals surface area contributed by atoms with E-state index in [1.54, 1.807) is 0 Å². The fourth-order valence-electron chi connectivity index (χ4n) is 3.55. The van der Waals surface area contributed by atoms with Crippen molar-refractivity contribution in [2.75, 3.05) is 18.0 Å². The molecule has 9 heteroatoms. The molecule has 6 nitrogen and oxygen atoms in total. The fourth-order valence-corrected chi connectivity index (χ4v) is 3.80. The van der Waals surface area contributed by atoms with Gasteiger partial charge in [0.2, 0.25) is 0 Å². The molecule has 1 aliphatic heterocycles. The second-order valence-corrected chi connectivity index (χ2v) is 7.47. The van der Waals surface area contributed by atoms with E-state index < -0.39 is 17.4 Å². The molecule has 146 valence electrons. The standard InChI is InChI=1S/C19H18ClF2N5O/c1-10-3-5-26(6-4-10)18-16(17(20)25-19-23-9-24-27(18)19)15-13(21)7-12(11(2)28)8-14(15)22/h7-10H,3-6H2,1-2H3. The van der Waals surface area contributed by atoms with Gasteiger partial charge in [0.25, 0.3) is 5.78 Å². The van der Waals surface area contributed by atoms with Gasteiger partial charge >= 0.3 is 0 Å². The molecule has 0 spiro atoms. The van der Waals surface area contributed by atoms with Crippen LogP contribution in [-0.2, 0) is 0 Å². The second-order valence-electron chi connectivity index (χ2n) is 7.11. The number of benzene rings is 1. The number of fused-ring (bicyclic) bond motifs is 1. The molecule has 0 amide bonds. The Morgan fingerprint density at radius 2 is 1.82 bits per heavy atom. The molecular weight excluding hydrogens is 388 g/mol. The number of hydrogen-bond acceptors (Lipinski definition) is 5. The Morgan fingerprint density at radius 3 is 2.43 bits per heavy atom. The van der Waals surface area contributed by atoms with E-state index in [0.29, 0.717) is 24.8 Å². The highest BCUT2D eigenvalue weighted by Gasteiger charge is 2.29. The van der Waals surface area contributed by atoms with Gasteiger partial charge in [0.05, 0.1) is 11.1 Å². The molecule has 0 N–H and O–H groups in total. The lowest BCUT2D eigenvalue weighted by Gasteiger charge is -2.33. The van der Waals surface area contributed by atoms with E-state index in [1.165, 1.54) is 17.8 Å². The quantitative estimate of drug-likeness (QED) is 0.483. The number of Topliss-reactive ketones (excluding diaryl/α,β-unsaturated/α-hetero) is 1. The average Bonchev–Trinajstić information content (AvgIpc) is 3.10. The van der Waals surface area contributed by atoms with Gasteiger partial charge in [-0.15, -0.1) is 0 Å². The van der Waals surface area contributed by atoms with E-state index in [4.69, 9.17) is 11.6 Å². The molecule has 3 aromatic rings.